The van der Waals surface area contributed by atoms with Crippen molar-refractivity contribution in [3.63, 3.8) is 0 Å². The van der Waals surface area contributed by atoms with E-state index in [4.69, 9.17) is 11.5 Å². The number of nitrogens with zero attached hydrogens (tertiary/aromatic N) is 3. The third kappa shape index (κ3) is 1.18. The van der Waals surface area contributed by atoms with E-state index < -0.39 is 0 Å². The summed E-state index contributed by atoms with van der Waals surface area (Å²) in [7, 11) is 0. The summed E-state index contributed by atoms with van der Waals surface area (Å²) in [6, 6.07) is 0. The molecule has 0 fully saturated rings. The minimum atomic E-state index is 0.383. The molecule has 0 atom stereocenters. The zero-order valence-corrected chi connectivity index (χ0v) is 4.73. The Morgan fingerprint density at radius 1 is 1.67 bits per heavy atom. The van der Waals surface area contributed by atoms with Crippen LogP contribution in [-0.4, -0.2) is 15.0 Å². The van der Waals surface area contributed by atoms with E-state index in [0.717, 1.165) is 0 Å². The van der Waals surface area contributed by atoms with Crippen molar-refractivity contribution in [3.8, 4) is 0 Å². The van der Waals surface area contributed by atoms with Crippen LogP contribution in [0.15, 0.2) is 12.4 Å². The van der Waals surface area contributed by atoms with Gasteiger partial charge in [-0.1, -0.05) is 5.21 Å². The van der Waals surface area contributed by atoms with Gasteiger partial charge >= 0.3 is 0 Å². The Balaban J connectivity index is 2.85. The Morgan fingerprint density at radius 3 is 2.89 bits per heavy atom. The molecule has 0 unspecified atom stereocenters. The quantitative estimate of drug-likeness (QED) is 0.517. The highest BCUT2D eigenvalue weighted by Gasteiger charge is 1.87. The van der Waals surface area contributed by atoms with Gasteiger partial charge in [0.15, 0.2) is 5.82 Å². The van der Waals surface area contributed by atoms with Crippen molar-refractivity contribution in [1.82, 2.24) is 15.0 Å². The van der Waals surface area contributed by atoms with E-state index in [1.54, 1.807) is 12.4 Å². The first-order chi connectivity index (χ1) is 4.33. The highest BCUT2D eigenvalue weighted by molar-refractivity contribution is 5.27. The number of nitrogen functional groups attached to an aromatic ring is 1. The van der Waals surface area contributed by atoms with Crippen LogP contribution in [0.5, 0.6) is 0 Å². The fraction of sp³-hybridized carbons (Fsp3) is 0. The third-order valence-electron chi connectivity index (χ3n) is 0.767. The first kappa shape index (κ1) is 5.61. The molecule has 9 heavy (non-hydrogen) atoms. The highest BCUT2D eigenvalue weighted by Crippen LogP contribution is 1.90. The molecule has 0 spiro atoms. The molecule has 1 aromatic heterocycles. The molecule has 1 rings (SSSR count). The molecular weight excluding hydrogens is 118 g/mol. The molecule has 0 bridgehead atoms. The largest absolute Gasteiger partial charge is 0.403 e. The van der Waals surface area contributed by atoms with Crippen LogP contribution in [0.25, 0.3) is 6.20 Å². The van der Waals surface area contributed by atoms with Crippen molar-refractivity contribution < 1.29 is 0 Å². The maximum Gasteiger partial charge on any atom is 0.166 e. The van der Waals surface area contributed by atoms with Crippen molar-refractivity contribution in [1.29, 1.82) is 0 Å². The second-order valence-corrected chi connectivity index (χ2v) is 1.46. The molecule has 0 aliphatic heterocycles. The van der Waals surface area contributed by atoms with Crippen LogP contribution in [0.3, 0.4) is 0 Å². The molecule has 0 radical (unpaired) electrons. The van der Waals surface area contributed by atoms with Crippen molar-refractivity contribution in [2.45, 2.75) is 0 Å². The van der Waals surface area contributed by atoms with Crippen LogP contribution >= 0.6 is 0 Å². The lowest BCUT2D eigenvalue weighted by Crippen LogP contribution is -1.88. The molecule has 0 saturated heterocycles. The average molecular weight is 125 g/mol. The van der Waals surface area contributed by atoms with Gasteiger partial charge in [-0.2, -0.15) is 0 Å². The highest BCUT2D eigenvalue weighted by atomic mass is 15.4. The van der Waals surface area contributed by atoms with Crippen LogP contribution < -0.4 is 11.5 Å². The van der Waals surface area contributed by atoms with Crippen LogP contribution in [0.2, 0.25) is 0 Å². The maximum atomic E-state index is 5.24. The Kier molecular flexibility index (Phi) is 1.35. The van der Waals surface area contributed by atoms with Crippen LogP contribution in [0, 0.1) is 0 Å². The van der Waals surface area contributed by atoms with Gasteiger partial charge in [-0.3, -0.25) is 0 Å². The zero-order valence-electron chi connectivity index (χ0n) is 4.73. The second kappa shape index (κ2) is 2.17. The number of anilines is 1. The predicted octanol–water partition coefficient (Wildman–Crippen LogP) is -0.753. The topological polar surface area (TPSA) is 82.8 Å². The summed E-state index contributed by atoms with van der Waals surface area (Å²) in [5.41, 5.74) is 10.3. The fourth-order valence-corrected chi connectivity index (χ4v) is 0.451. The van der Waals surface area contributed by atoms with E-state index in [1.165, 1.54) is 10.9 Å². The van der Waals surface area contributed by atoms with Gasteiger partial charge in [0.25, 0.3) is 0 Å². The van der Waals surface area contributed by atoms with Gasteiger partial charge in [0, 0.05) is 12.4 Å². The standard InChI is InChI=1S/C4H7N5/c5-1-2-9-3-4(6)7-8-9/h1-3H,5-6H2/b2-1+. The average Bonchev–Trinajstić information content (AvgIpc) is 2.17. The van der Waals surface area contributed by atoms with E-state index in [1.807, 2.05) is 0 Å². The summed E-state index contributed by atoms with van der Waals surface area (Å²) in [6.07, 6.45) is 4.46. The Morgan fingerprint density at radius 2 is 2.44 bits per heavy atom. The number of nitrogens with two attached hydrogens (primary N) is 2. The molecule has 4 N–H and O–H groups in total. The third-order valence-corrected chi connectivity index (χ3v) is 0.767. The molecule has 0 aliphatic carbocycles. The van der Waals surface area contributed by atoms with Crippen LogP contribution in [-0.2, 0) is 0 Å². The number of hydrogen-bond donors (Lipinski definition) is 2. The van der Waals surface area contributed by atoms with Crippen molar-refractivity contribution in [2.75, 3.05) is 5.73 Å². The summed E-state index contributed by atoms with van der Waals surface area (Å²) >= 11 is 0. The molecule has 5 heteroatoms. The Bertz CT molecular complexity index is 212. The monoisotopic (exact) mass is 125 g/mol. The van der Waals surface area contributed by atoms with E-state index in [2.05, 4.69) is 10.3 Å². The van der Waals surface area contributed by atoms with Crippen molar-refractivity contribution >= 4 is 12.0 Å². The minimum absolute atomic E-state index is 0.383. The Hall–Kier alpha value is -1.52. The molecule has 0 amide bonds. The van der Waals surface area contributed by atoms with Gasteiger partial charge in [0.1, 0.15) is 0 Å². The normalized spacial score (nSPS) is 10.7. The molecule has 0 aliphatic rings. The lowest BCUT2D eigenvalue weighted by molar-refractivity contribution is 0.840. The predicted molar refractivity (Wildman–Crippen MR) is 34.0 cm³/mol. The van der Waals surface area contributed by atoms with Crippen LogP contribution in [0.1, 0.15) is 0 Å². The molecule has 1 heterocycles. The van der Waals surface area contributed by atoms with Gasteiger partial charge < -0.3 is 11.5 Å². The lowest BCUT2D eigenvalue weighted by Gasteiger charge is -1.81. The van der Waals surface area contributed by atoms with Gasteiger partial charge in [-0.25, -0.2) is 4.68 Å². The molecule has 5 nitrogen and oxygen atoms in total. The van der Waals surface area contributed by atoms with Crippen molar-refractivity contribution in [3.05, 3.63) is 12.4 Å². The van der Waals surface area contributed by atoms with E-state index in [-0.39, 0.29) is 0 Å². The maximum absolute atomic E-state index is 5.24. The summed E-state index contributed by atoms with van der Waals surface area (Å²) in [5.74, 6) is 0.383. The van der Waals surface area contributed by atoms with Gasteiger partial charge in [-0.05, 0) is 0 Å². The van der Waals surface area contributed by atoms with Gasteiger partial charge in [0.2, 0.25) is 0 Å². The SMILES string of the molecule is N/C=C/n1cc(N)nn1. The second-order valence-electron chi connectivity index (χ2n) is 1.46. The van der Waals surface area contributed by atoms with Crippen LogP contribution in [0.4, 0.5) is 5.82 Å². The summed E-state index contributed by atoms with van der Waals surface area (Å²) in [4.78, 5) is 0. The summed E-state index contributed by atoms with van der Waals surface area (Å²) in [5, 5.41) is 7.10. The van der Waals surface area contributed by atoms with Gasteiger partial charge in [-0.15, -0.1) is 5.10 Å². The zero-order chi connectivity index (χ0) is 6.69. The Labute approximate surface area is 51.9 Å². The summed E-state index contributed by atoms with van der Waals surface area (Å²) < 4.78 is 1.43. The summed E-state index contributed by atoms with van der Waals surface area (Å²) in [6.45, 7) is 0. The van der Waals surface area contributed by atoms with Crippen molar-refractivity contribution in [2.24, 2.45) is 5.73 Å². The van der Waals surface area contributed by atoms with E-state index >= 15 is 0 Å². The number of rotatable bonds is 1. The van der Waals surface area contributed by atoms with Gasteiger partial charge in [0.05, 0.1) is 6.20 Å². The molecule has 1 aromatic rings. The molecule has 48 valence electrons. The first-order valence-electron chi connectivity index (χ1n) is 2.38. The molecule has 0 saturated carbocycles. The minimum Gasteiger partial charge on any atom is -0.403 e. The lowest BCUT2D eigenvalue weighted by atomic mass is 10.8. The number of aromatic nitrogens is 3. The first-order valence-corrected chi connectivity index (χ1v) is 2.38. The van der Waals surface area contributed by atoms with E-state index in [0.29, 0.717) is 5.82 Å². The molecule has 0 aromatic carbocycles. The fourth-order valence-electron chi connectivity index (χ4n) is 0.451. The number of hydrogen-bond acceptors (Lipinski definition) is 4. The smallest absolute Gasteiger partial charge is 0.166 e. The van der Waals surface area contributed by atoms with E-state index in [9.17, 15) is 0 Å². The molecular formula is C4H7N5.